The molecule has 1 saturated heterocycles. The molecule has 4 N–H and O–H groups in total. The molecule has 3 aliphatic rings. The molecular formula is C29H31N7O. The van der Waals surface area contributed by atoms with E-state index in [4.69, 9.17) is 10.7 Å². The van der Waals surface area contributed by atoms with Crippen LogP contribution < -0.4 is 16.4 Å². The van der Waals surface area contributed by atoms with Crippen LogP contribution in [0.5, 0.6) is 0 Å². The molecule has 8 nitrogen and oxygen atoms in total. The van der Waals surface area contributed by atoms with Gasteiger partial charge in [-0.15, -0.1) is 0 Å². The Labute approximate surface area is 216 Å². The highest BCUT2D eigenvalue weighted by molar-refractivity contribution is 6.05. The summed E-state index contributed by atoms with van der Waals surface area (Å²) in [6.45, 7) is 4.07. The Morgan fingerprint density at radius 3 is 2.65 bits per heavy atom. The first-order valence-corrected chi connectivity index (χ1v) is 12.9. The van der Waals surface area contributed by atoms with Crippen LogP contribution in [0.3, 0.4) is 0 Å². The third-order valence-corrected chi connectivity index (χ3v) is 7.42. The standard InChI is InChI=1S/C29H31N7O/c1-2-31-29(37)35-15-12-21(13-16-35)28-34-25(26-27(30)32-14-17-36(26)28)22-9-8-20-10-11-23(33-24(20)18-22)19-6-4-3-5-7-19/h3-11,14,17-18,21,28,34H,2,12-13,15-16H2,1H3,(H2,30,32)(H,31,37). The lowest BCUT2D eigenvalue weighted by atomic mass is 9.93. The Morgan fingerprint density at radius 2 is 1.86 bits per heavy atom. The van der Waals surface area contributed by atoms with Gasteiger partial charge in [0.15, 0.2) is 0 Å². The Kier molecular flexibility index (Phi) is 6.00. The van der Waals surface area contributed by atoms with Gasteiger partial charge in [0.25, 0.3) is 0 Å². The summed E-state index contributed by atoms with van der Waals surface area (Å²) < 4.78 is 0. The smallest absolute Gasteiger partial charge is 0.317 e. The molecule has 2 amide bonds. The number of nitrogens with two attached hydrogens (primary N) is 1. The van der Waals surface area contributed by atoms with Crippen LogP contribution in [0.2, 0.25) is 0 Å². The van der Waals surface area contributed by atoms with Gasteiger partial charge in [-0.3, -0.25) is 0 Å². The van der Waals surface area contributed by atoms with Crippen LogP contribution in [0.15, 0.2) is 83.8 Å². The first-order chi connectivity index (χ1) is 18.1. The number of rotatable bonds is 4. The fraction of sp³-hybridized carbons (Fsp3) is 0.276. The summed E-state index contributed by atoms with van der Waals surface area (Å²) in [5.74, 6) is 0.857. The van der Waals surface area contributed by atoms with E-state index in [0.717, 1.165) is 65.0 Å². The second-order valence-corrected chi connectivity index (χ2v) is 9.66. The van der Waals surface area contributed by atoms with Crippen molar-refractivity contribution in [1.82, 2.24) is 25.4 Å². The predicted molar refractivity (Wildman–Crippen MR) is 147 cm³/mol. The number of aromatic nitrogens is 1. The van der Waals surface area contributed by atoms with Crippen molar-refractivity contribution >= 4 is 28.5 Å². The number of hydrogen-bond acceptors (Lipinski definition) is 6. The maximum absolute atomic E-state index is 12.3. The molecule has 4 heterocycles. The minimum Gasteiger partial charge on any atom is -0.382 e. The first kappa shape index (κ1) is 23.1. The van der Waals surface area contributed by atoms with Crippen molar-refractivity contribution in [1.29, 1.82) is 0 Å². The van der Waals surface area contributed by atoms with Gasteiger partial charge in [-0.2, -0.15) is 0 Å². The van der Waals surface area contributed by atoms with E-state index in [9.17, 15) is 4.79 Å². The van der Waals surface area contributed by atoms with Gasteiger partial charge < -0.3 is 26.2 Å². The molecule has 188 valence electrons. The Morgan fingerprint density at radius 1 is 1.08 bits per heavy atom. The number of pyridine rings is 1. The summed E-state index contributed by atoms with van der Waals surface area (Å²) in [7, 11) is 0. The maximum atomic E-state index is 12.3. The van der Waals surface area contributed by atoms with Gasteiger partial charge in [-0.25, -0.2) is 14.8 Å². The predicted octanol–water partition coefficient (Wildman–Crippen LogP) is 4.09. The number of carbonyl (C=O) groups is 1. The number of amidine groups is 1. The monoisotopic (exact) mass is 493 g/mol. The van der Waals surface area contributed by atoms with Crippen molar-refractivity contribution in [3.63, 3.8) is 0 Å². The molecule has 1 aromatic heterocycles. The lowest BCUT2D eigenvalue weighted by Gasteiger charge is -2.38. The van der Waals surface area contributed by atoms with E-state index in [0.29, 0.717) is 18.3 Å². The summed E-state index contributed by atoms with van der Waals surface area (Å²) in [6, 6.07) is 20.8. The number of piperidine rings is 1. The van der Waals surface area contributed by atoms with E-state index in [2.05, 4.69) is 63.0 Å². The second-order valence-electron chi connectivity index (χ2n) is 9.66. The summed E-state index contributed by atoms with van der Waals surface area (Å²) in [5.41, 5.74) is 12.3. The minimum absolute atomic E-state index is 0.0209. The van der Waals surface area contributed by atoms with E-state index in [1.165, 1.54) is 0 Å². The van der Waals surface area contributed by atoms with E-state index in [1.54, 1.807) is 6.20 Å². The molecule has 3 aromatic rings. The first-order valence-electron chi connectivity index (χ1n) is 12.9. The highest BCUT2D eigenvalue weighted by Gasteiger charge is 2.40. The topological polar surface area (TPSA) is 98.9 Å². The number of amides is 2. The van der Waals surface area contributed by atoms with Gasteiger partial charge in [0.2, 0.25) is 0 Å². The van der Waals surface area contributed by atoms with Gasteiger partial charge in [0.05, 0.1) is 16.9 Å². The number of aliphatic imine (C=N–C) groups is 1. The average Bonchev–Trinajstić information content (AvgIpc) is 3.34. The number of urea groups is 1. The number of benzene rings is 2. The molecule has 1 unspecified atom stereocenters. The largest absolute Gasteiger partial charge is 0.382 e. The fourth-order valence-electron chi connectivity index (χ4n) is 5.52. The molecule has 1 fully saturated rings. The number of fused-ring (bicyclic) bond motifs is 2. The molecule has 8 heteroatoms. The molecule has 0 aliphatic carbocycles. The third-order valence-electron chi connectivity index (χ3n) is 7.42. The minimum atomic E-state index is 0.0209. The van der Waals surface area contributed by atoms with E-state index in [1.807, 2.05) is 36.2 Å². The molecule has 37 heavy (non-hydrogen) atoms. The average molecular weight is 494 g/mol. The molecule has 0 radical (unpaired) electrons. The van der Waals surface area contributed by atoms with Crippen LogP contribution >= 0.6 is 0 Å². The quantitative estimate of drug-likeness (QED) is 0.509. The van der Waals surface area contributed by atoms with Crippen molar-refractivity contribution in [2.24, 2.45) is 16.6 Å². The molecular weight excluding hydrogens is 462 g/mol. The summed E-state index contributed by atoms with van der Waals surface area (Å²) >= 11 is 0. The number of nitrogens with zero attached hydrogens (tertiary/aromatic N) is 4. The molecule has 3 aliphatic heterocycles. The van der Waals surface area contributed by atoms with Gasteiger partial charge in [-0.1, -0.05) is 48.5 Å². The van der Waals surface area contributed by atoms with Crippen LogP contribution in [0, 0.1) is 5.92 Å². The second kappa shape index (κ2) is 9.61. The van der Waals surface area contributed by atoms with Crippen LogP contribution in [0.1, 0.15) is 25.3 Å². The van der Waals surface area contributed by atoms with Crippen molar-refractivity contribution in [3.05, 3.63) is 84.3 Å². The number of carbonyl (C=O) groups excluding carboxylic acids is 1. The van der Waals surface area contributed by atoms with Crippen molar-refractivity contribution in [2.75, 3.05) is 19.6 Å². The van der Waals surface area contributed by atoms with Crippen molar-refractivity contribution < 1.29 is 4.79 Å². The van der Waals surface area contributed by atoms with Crippen molar-refractivity contribution in [2.45, 2.75) is 25.9 Å². The van der Waals surface area contributed by atoms with E-state index in [-0.39, 0.29) is 12.2 Å². The van der Waals surface area contributed by atoms with Crippen LogP contribution in [-0.4, -0.2) is 52.5 Å². The third kappa shape index (κ3) is 4.28. The Hall–Kier alpha value is -4.33. The van der Waals surface area contributed by atoms with E-state index >= 15 is 0 Å². The molecule has 0 spiro atoms. The van der Waals surface area contributed by atoms with Crippen molar-refractivity contribution in [3.8, 4) is 11.3 Å². The van der Waals surface area contributed by atoms with Gasteiger partial charge >= 0.3 is 6.03 Å². The van der Waals surface area contributed by atoms with Gasteiger partial charge in [0.1, 0.15) is 17.7 Å². The Balaban J connectivity index is 1.30. The van der Waals surface area contributed by atoms with Gasteiger partial charge in [0, 0.05) is 54.5 Å². The molecule has 0 saturated carbocycles. The SMILES string of the molecule is CCNC(=O)N1CCC(C2NC(c3ccc4ccc(-c5ccccc5)nc4c3)=C3C(N)=NC=CN32)CC1. The zero-order valence-corrected chi connectivity index (χ0v) is 20.9. The molecule has 2 aromatic carbocycles. The maximum Gasteiger partial charge on any atom is 0.317 e. The lowest BCUT2D eigenvalue weighted by molar-refractivity contribution is 0.136. The number of hydrogen-bond donors (Lipinski definition) is 3. The Bertz CT molecular complexity index is 1420. The summed E-state index contributed by atoms with van der Waals surface area (Å²) in [5, 5.41) is 7.77. The van der Waals surface area contributed by atoms with Crippen LogP contribution in [0.25, 0.3) is 27.9 Å². The molecule has 0 bridgehead atoms. The highest BCUT2D eigenvalue weighted by atomic mass is 16.2. The normalized spacial score (nSPS) is 19.6. The zero-order chi connectivity index (χ0) is 25.4. The highest BCUT2D eigenvalue weighted by Crippen LogP contribution is 2.36. The molecule has 6 rings (SSSR count). The summed E-state index contributed by atoms with van der Waals surface area (Å²) in [4.78, 5) is 25.8. The summed E-state index contributed by atoms with van der Waals surface area (Å²) in [6.07, 6.45) is 5.63. The number of nitrogens with one attached hydrogen (secondary N) is 2. The fourth-order valence-corrected chi connectivity index (χ4v) is 5.52. The van der Waals surface area contributed by atoms with Crippen LogP contribution in [0.4, 0.5) is 4.79 Å². The zero-order valence-electron chi connectivity index (χ0n) is 20.9. The number of likely N-dealkylation sites (tertiary alicyclic amines) is 1. The lowest BCUT2D eigenvalue weighted by Crippen LogP contribution is -2.50. The van der Waals surface area contributed by atoms with E-state index < -0.39 is 0 Å². The molecule has 1 atom stereocenters. The van der Waals surface area contributed by atoms with Crippen LogP contribution in [-0.2, 0) is 0 Å². The van der Waals surface area contributed by atoms with Gasteiger partial charge in [-0.05, 0) is 31.9 Å².